The second kappa shape index (κ2) is 12.0. The van der Waals surface area contributed by atoms with Crippen molar-refractivity contribution in [3.63, 3.8) is 0 Å². The minimum absolute atomic E-state index is 0.187. The number of hydrogen-bond donors (Lipinski definition) is 2. The normalized spacial score (nSPS) is 11.6. The number of oxazole rings is 1. The van der Waals surface area contributed by atoms with Gasteiger partial charge >= 0.3 is 5.97 Å². The van der Waals surface area contributed by atoms with Gasteiger partial charge in [0.15, 0.2) is 0 Å². The molecule has 0 saturated carbocycles. The van der Waals surface area contributed by atoms with Crippen LogP contribution in [0.2, 0.25) is 0 Å². The van der Waals surface area contributed by atoms with Gasteiger partial charge in [-0.3, -0.25) is 0 Å². The lowest BCUT2D eigenvalue weighted by Gasteiger charge is -2.15. The van der Waals surface area contributed by atoms with Gasteiger partial charge in [-0.15, -0.1) is 0 Å². The van der Waals surface area contributed by atoms with Gasteiger partial charge in [-0.25, -0.2) is 14.8 Å². The van der Waals surface area contributed by atoms with Gasteiger partial charge in [-0.05, 0) is 62.7 Å². The zero-order valence-corrected chi connectivity index (χ0v) is 22.8. The molecule has 4 rings (SSSR count). The van der Waals surface area contributed by atoms with Gasteiger partial charge in [0.2, 0.25) is 5.89 Å². The summed E-state index contributed by atoms with van der Waals surface area (Å²) in [4.78, 5) is 20.8. The number of benzene rings is 2. The standard InChI is InChI=1S/C29H28N4O5S/c1-16(34)14-37-22-11-9-19(10-12-22)25-17(2)26(31)33-28(23(25)13-30)39-15-24-18(3)38-27(32-24)20-5-7-21(8-6-20)29(35)36-4/h5-12,16,34H,14-15H2,1-4H3,(H2,31,33)/t16-/m0/s1. The largest absolute Gasteiger partial charge is 0.491 e. The molecule has 2 heterocycles. The summed E-state index contributed by atoms with van der Waals surface area (Å²) in [6.07, 6.45) is -0.576. The summed E-state index contributed by atoms with van der Waals surface area (Å²) >= 11 is 1.35. The van der Waals surface area contributed by atoms with Crippen LogP contribution in [-0.4, -0.2) is 40.9 Å². The van der Waals surface area contributed by atoms with Gasteiger partial charge in [0.1, 0.15) is 35.0 Å². The van der Waals surface area contributed by atoms with Crippen molar-refractivity contribution in [3.05, 3.63) is 76.7 Å². The first-order valence-corrected chi connectivity index (χ1v) is 13.1. The van der Waals surface area contributed by atoms with Crippen LogP contribution in [0.15, 0.2) is 58.0 Å². The van der Waals surface area contributed by atoms with E-state index in [4.69, 9.17) is 19.6 Å². The predicted molar refractivity (Wildman–Crippen MR) is 148 cm³/mol. The molecule has 0 radical (unpaired) electrons. The number of ether oxygens (including phenoxy) is 2. The molecule has 39 heavy (non-hydrogen) atoms. The Balaban J connectivity index is 1.58. The zero-order valence-electron chi connectivity index (χ0n) is 22.0. The minimum atomic E-state index is -0.576. The van der Waals surface area contributed by atoms with Crippen molar-refractivity contribution < 1.29 is 23.8 Å². The molecular formula is C29H28N4O5S. The van der Waals surface area contributed by atoms with E-state index in [-0.39, 0.29) is 6.61 Å². The average molecular weight is 545 g/mol. The first-order valence-electron chi connectivity index (χ1n) is 12.1. The number of aryl methyl sites for hydroxylation is 1. The minimum Gasteiger partial charge on any atom is -0.491 e. The molecule has 4 aromatic rings. The topological polar surface area (TPSA) is 144 Å². The Morgan fingerprint density at radius 3 is 2.41 bits per heavy atom. The number of methoxy groups -OCH3 is 1. The van der Waals surface area contributed by atoms with Crippen LogP contribution in [0.5, 0.6) is 5.75 Å². The summed E-state index contributed by atoms with van der Waals surface area (Å²) in [7, 11) is 1.33. The van der Waals surface area contributed by atoms with E-state index < -0.39 is 12.1 Å². The van der Waals surface area contributed by atoms with Gasteiger partial charge in [0, 0.05) is 22.4 Å². The van der Waals surface area contributed by atoms with Gasteiger partial charge < -0.3 is 24.7 Å². The molecule has 0 amide bonds. The number of nitrogen functional groups attached to an aromatic ring is 1. The van der Waals surface area contributed by atoms with Crippen LogP contribution in [0.4, 0.5) is 5.82 Å². The fourth-order valence-electron chi connectivity index (χ4n) is 3.86. The fourth-order valence-corrected chi connectivity index (χ4v) is 4.86. The number of thioether (sulfide) groups is 1. The van der Waals surface area contributed by atoms with Crippen molar-refractivity contribution >= 4 is 23.5 Å². The first kappa shape index (κ1) is 27.7. The van der Waals surface area contributed by atoms with Crippen molar-refractivity contribution in [3.8, 4) is 34.4 Å². The monoisotopic (exact) mass is 544 g/mol. The lowest BCUT2D eigenvalue weighted by Crippen LogP contribution is -2.12. The molecule has 0 spiro atoms. The smallest absolute Gasteiger partial charge is 0.337 e. The number of carbonyl (C=O) groups excluding carboxylic acids is 1. The number of nitrogens with two attached hydrogens (primary N) is 1. The molecule has 0 bridgehead atoms. The second-order valence-corrected chi connectivity index (χ2v) is 9.82. The van der Waals surface area contributed by atoms with E-state index in [1.807, 2.05) is 26.0 Å². The summed E-state index contributed by atoms with van der Waals surface area (Å²) in [5.74, 6) is 2.01. The number of aromatic nitrogens is 2. The molecule has 0 unspecified atom stereocenters. The van der Waals surface area contributed by atoms with Crippen LogP contribution in [0, 0.1) is 25.2 Å². The molecule has 3 N–H and O–H groups in total. The number of aliphatic hydroxyl groups excluding tert-OH is 1. The van der Waals surface area contributed by atoms with Crippen molar-refractivity contribution in [2.45, 2.75) is 37.7 Å². The second-order valence-electron chi connectivity index (χ2n) is 8.85. The fraction of sp³-hybridized carbons (Fsp3) is 0.241. The number of carbonyl (C=O) groups is 1. The van der Waals surface area contributed by atoms with Crippen LogP contribution in [-0.2, 0) is 10.5 Å². The highest BCUT2D eigenvalue weighted by atomic mass is 32.2. The summed E-state index contributed by atoms with van der Waals surface area (Å²) < 4.78 is 16.2. The lowest BCUT2D eigenvalue weighted by molar-refractivity contribution is 0.0600. The molecular weight excluding hydrogens is 516 g/mol. The van der Waals surface area contributed by atoms with Crippen molar-refractivity contribution in [2.75, 3.05) is 19.5 Å². The first-order chi connectivity index (χ1) is 18.7. The highest BCUT2D eigenvalue weighted by Crippen LogP contribution is 2.37. The van der Waals surface area contributed by atoms with E-state index in [0.717, 1.165) is 11.1 Å². The molecule has 200 valence electrons. The maximum Gasteiger partial charge on any atom is 0.337 e. The molecule has 9 nitrogen and oxygen atoms in total. The number of hydrogen-bond acceptors (Lipinski definition) is 10. The van der Waals surface area contributed by atoms with Gasteiger partial charge in [-0.1, -0.05) is 23.9 Å². The lowest BCUT2D eigenvalue weighted by atomic mass is 9.97. The van der Waals surface area contributed by atoms with Gasteiger partial charge in [0.05, 0.1) is 30.0 Å². The number of rotatable bonds is 9. The maximum absolute atomic E-state index is 11.7. The third kappa shape index (κ3) is 6.22. The van der Waals surface area contributed by atoms with E-state index in [1.165, 1.54) is 18.9 Å². The highest BCUT2D eigenvalue weighted by molar-refractivity contribution is 7.98. The number of nitrogens with zero attached hydrogens (tertiary/aromatic N) is 3. The Hall–Kier alpha value is -4.33. The number of anilines is 1. The Labute approximate surface area is 230 Å². The number of nitriles is 1. The van der Waals surface area contributed by atoms with E-state index >= 15 is 0 Å². The van der Waals surface area contributed by atoms with Crippen LogP contribution in [0.25, 0.3) is 22.6 Å². The van der Waals surface area contributed by atoms with Crippen molar-refractivity contribution in [1.82, 2.24) is 9.97 Å². The summed E-state index contributed by atoms with van der Waals surface area (Å²) in [5, 5.41) is 20.0. The molecule has 0 aliphatic heterocycles. The quantitative estimate of drug-likeness (QED) is 0.210. The van der Waals surface area contributed by atoms with Crippen molar-refractivity contribution in [2.24, 2.45) is 0 Å². The molecule has 10 heteroatoms. The molecule has 0 fully saturated rings. The van der Waals surface area contributed by atoms with E-state index in [9.17, 15) is 15.2 Å². The molecule has 2 aromatic heterocycles. The highest BCUT2D eigenvalue weighted by Gasteiger charge is 2.20. The van der Waals surface area contributed by atoms with Crippen molar-refractivity contribution in [1.29, 1.82) is 5.26 Å². The Bertz CT molecular complexity index is 1520. The average Bonchev–Trinajstić information content (AvgIpc) is 3.32. The van der Waals surface area contributed by atoms with E-state index in [0.29, 0.717) is 61.9 Å². The summed E-state index contributed by atoms with van der Waals surface area (Å²) in [6, 6.07) is 16.4. The molecule has 0 saturated heterocycles. The van der Waals surface area contributed by atoms with Crippen LogP contribution in [0.3, 0.4) is 0 Å². The molecule has 2 aromatic carbocycles. The van der Waals surface area contributed by atoms with Gasteiger partial charge in [-0.2, -0.15) is 5.26 Å². The SMILES string of the molecule is COC(=O)c1ccc(-c2nc(CSc3nc(N)c(C)c(-c4ccc(OC[C@H](C)O)cc4)c3C#N)c(C)o2)cc1. The Morgan fingerprint density at radius 1 is 1.13 bits per heavy atom. The summed E-state index contributed by atoms with van der Waals surface area (Å²) in [5.41, 5.74) is 10.8. The third-order valence-electron chi connectivity index (χ3n) is 5.98. The van der Waals surface area contributed by atoms with Crippen LogP contribution in [0.1, 0.15) is 39.9 Å². The summed E-state index contributed by atoms with van der Waals surface area (Å²) in [6.45, 7) is 5.50. The van der Waals surface area contributed by atoms with Crippen LogP contribution >= 0.6 is 11.8 Å². The number of esters is 1. The number of aliphatic hydroxyl groups is 1. The maximum atomic E-state index is 11.7. The zero-order chi connectivity index (χ0) is 28.1. The Morgan fingerprint density at radius 2 is 1.79 bits per heavy atom. The molecule has 1 atom stereocenters. The molecule has 0 aliphatic rings. The molecule has 0 aliphatic carbocycles. The number of pyridine rings is 1. The Kier molecular flexibility index (Phi) is 8.54. The van der Waals surface area contributed by atoms with E-state index in [1.54, 1.807) is 43.3 Å². The van der Waals surface area contributed by atoms with Crippen LogP contribution < -0.4 is 10.5 Å². The predicted octanol–water partition coefficient (Wildman–Crippen LogP) is 5.31. The van der Waals surface area contributed by atoms with Gasteiger partial charge in [0.25, 0.3) is 0 Å². The third-order valence-corrected chi connectivity index (χ3v) is 6.97. The van der Waals surface area contributed by atoms with E-state index in [2.05, 4.69) is 16.0 Å².